The van der Waals surface area contributed by atoms with E-state index in [1.807, 2.05) is 34.5 Å². The van der Waals surface area contributed by atoms with Crippen LogP contribution in [0.5, 0.6) is 5.75 Å². The predicted molar refractivity (Wildman–Crippen MR) is 93.7 cm³/mol. The van der Waals surface area contributed by atoms with Crippen LogP contribution in [0.1, 0.15) is 32.9 Å². The molecule has 126 valence electrons. The maximum atomic E-state index is 12.7. The third-order valence-electron chi connectivity index (χ3n) is 4.20. The van der Waals surface area contributed by atoms with Crippen LogP contribution in [-0.4, -0.2) is 43.0 Å². The Bertz CT molecular complexity index is 707. The Labute approximate surface area is 145 Å². The van der Waals surface area contributed by atoms with E-state index in [4.69, 9.17) is 4.74 Å². The third-order valence-corrected chi connectivity index (χ3v) is 5.07. The van der Waals surface area contributed by atoms with Gasteiger partial charge in [-0.05, 0) is 36.4 Å². The second-order valence-corrected chi connectivity index (χ2v) is 6.67. The second kappa shape index (κ2) is 7.49. The number of para-hydroxylation sites is 1. The molecule has 0 radical (unpaired) electrons. The molecule has 1 aliphatic heterocycles. The van der Waals surface area contributed by atoms with E-state index in [2.05, 4.69) is 5.32 Å². The number of rotatable bonds is 4. The molecular weight excluding hydrogens is 324 g/mol. The molecule has 2 aromatic rings. The van der Waals surface area contributed by atoms with Gasteiger partial charge in [-0.1, -0.05) is 18.2 Å². The van der Waals surface area contributed by atoms with Gasteiger partial charge < -0.3 is 15.0 Å². The fourth-order valence-corrected chi connectivity index (χ4v) is 3.51. The SMILES string of the molecule is COc1ccccc1C(=O)N1CCC(NC(=O)c2cccs2)CC1. The molecule has 1 aliphatic rings. The summed E-state index contributed by atoms with van der Waals surface area (Å²) in [7, 11) is 1.57. The van der Waals surface area contributed by atoms with Crippen LogP contribution >= 0.6 is 11.3 Å². The zero-order valence-corrected chi connectivity index (χ0v) is 14.3. The fraction of sp³-hybridized carbons (Fsp3) is 0.333. The van der Waals surface area contributed by atoms with E-state index >= 15 is 0 Å². The van der Waals surface area contributed by atoms with Crippen molar-refractivity contribution in [1.82, 2.24) is 10.2 Å². The second-order valence-electron chi connectivity index (χ2n) is 5.72. The minimum absolute atomic E-state index is 0.0181. The number of ether oxygens (including phenoxy) is 1. The Morgan fingerprint density at radius 1 is 1.17 bits per heavy atom. The summed E-state index contributed by atoms with van der Waals surface area (Å²) in [6.45, 7) is 1.26. The Morgan fingerprint density at radius 3 is 2.58 bits per heavy atom. The molecule has 1 aromatic carbocycles. The Balaban J connectivity index is 1.57. The van der Waals surface area contributed by atoms with Crippen LogP contribution in [-0.2, 0) is 0 Å². The van der Waals surface area contributed by atoms with E-state index in [1.54, 1.807) is 19.2 Å². The van der Waals surface area contributed by atoms with Crippen LogP contribution in [0.25, 0.3) is 0 Å². The van der Waals surface area contributed by atoms with Gasteiger partial charge >= 0.3 is 0 Å². The van der Waals surface area contributed by atoms with Crippen LogP contribution in [0, 0.1) is 0 Å². The molecule has 5 nitrogen and oxygen atoms in total. The maximum absolute atomic E-state index is 12.7. The molecule has 0 spiro atoms. The Morgan fingerprint density at radius 2 is 1.92 bits per heavy atom. The first-order valence-corrected chi connectivity index (χ1v) is 8.83. The number of benzene rings is 1. The van der Waals surface area contributed by atoms with Crippen molar-refractivity contribution in [1.29, 1.82) is 0 Å². The molecule has 0 saturated carbocycles. The number of nitrogens with zero attached hydrogens (tertiary/aromatic N) is 1. The summed E-state index contributed by atoms with van der Waals surface area (Å²) >= 11 is 1.44. The Kier molecular flexibility index (Phi) is 5.15. The first-order chi connectivity index (χ1) is 11.7. The average Bonchev–Trinajstić information content (AvgIpc) is 3.16. The van der Waals surface area contributed by atoms with Gasteiger partial charge in [-0.3, -0.25) is 9.59 Å². The van der Waals surface area contributed by atoms with Crippen molar-refractivity contribution in [2.45, 2.75) is 18.9 Å². The van der Waals surface area contributed by atoms with E-state index < -0.39 is 0 Å². The lowest BCUT2D eigenvalue weighted by molar-refractivity contribution is 0.0695. The average molecular weight is 344 g/mol. The molecule has 1 aromatic heterocycles. The lowest BCUT2D eigenvalue weighted by Gasteiger charge is -2.32. The molecule has 1 saturated heterocycles. The number of methoxy groups -OCH3 is 1. The highest BCUT2D eigenvalue weighted by Crippen LogP contribution is 2.22. The molecule has 0 bridgehead atoms. The number of hydrogen-bond acceptors (Lipinski definition) is 4. The summed E-state index contributed by atoms with van der Waals surface area (Å²) in [6.07, 6.45) is 1.52. The van der Waals surface area contributed by atoms with Crippen molar-refractivity contribution in [2.24, 2.45) is 0 Å². The van der Waals surface area contributed by atoms with Crippen LogP contribution in [0.2, 0.25) is 0 Å². The highest BCUT2D eigenvalue weighted by Gasteiger charge is 2.26. The fourth-order valence-electron chi connectivity index (χ4n) is 2.88. The summed E-state index contributed by atoms with van der Waals surface area (Å²) in [5.41, 5.74) is 0.584. The van der Waals surface area contributed by atoms with Crippen molar-refractivity contribution in [2.75, 3.05) is 20.2 Å². The van der Waals surface area contributed by atoms with Gasteiger partial charge in [0, 0.05) is 19.1 Å². The summed E-state index contributed by atoms with van der Waals surface area (Å²) in [4.78, 5) is 27.3. The summed E-state index contributed by atoms with van der Waals surface area (Å²) in [6, 6.07) is 11.1. The summed E-state index contributed by atoms with van der Waals surface area (Å²) in [5.74, 6) is 0.547. The highest BCUT2D eigenvalue weighted by molar-refractivity contribution is 7.12. The third kappa shape index (κ3) is 3.59. The number of hydrogen-bond donors (Lipinski definition) is 1. The van der Waals surface area contributed by atoms with E-state index in [1.165, 1.54) is 11.3 Å². The number of nitrogens with one attached hydrogen (secondary N) is 1. The molecule has 1 N–H and O–H groups in total. The summed E-state index contributed by atoms with van der Waals surface area (Å²) in [5, 5.41) is 4.94. The molecule has 1 fully saturated rings. The van der Waals surface area contributed by atoms with E-state index in [0.29, 0.717) is 24.4 Å². The molecule has 0 aliphatic carbocycles. The normalized spacial score (nSPS) is 15.1. The first kappa shape index (κ1) is 16.5. The number of amides is 2. The van der Waals surface area contributed by atoms with Crippen molar-refractivity contribution >= 4 is 23.2 Å². The topological polar surface area (TPSA) is 58.6 Å². The molecular formula is C18H20N2O3S. The minimum Gasteiger partial charge on any atom is -0.496 e. The van der Waals surface area contributed by atoms with Gasteiger partial charge in [0.25, 0.3) is 11.8 Å². The molecule has 0 atom stereocenters. The lowest BCUT2D eigenvalue weighted by atomic mass is 10.0. The largest absolute Gasteiger partial charge is 0.496 e. The van der Waals surface area contributed by atoms with Gasteiger partial charge in [-0.25, -0.2) is 0 Å². The first-order valence-electron chi connectivity index (χ1n) is 7.95. The molecule has 24 heavy (non-hydrogen) atoms. The quantitative estimate of drug-likeness (QED) is 0.928. The number of piperidine rings is 1. The van der Waals surface area contributed by atoms with Crippen LogP contribution in [0.15, 0.2) is 41.8 Å². The number of thiophene rings is 1. The van der Waals surface area contributed by atoms with Gasteiger partial charge in [-0.2, -0.15) is 0 Å². The molecule has 2 heterocycles. The monoisotopic (exact) mass is 344 g/mol. The smallest absolute Gasteiger partial charge is 0.261 e. The van der Waals surface area contributed by atoms with E-state index in [-0.39, 0.29) is 17.9 Å². The van der Waals surface area contributed by atoms with Crippen molar-refractivity contribution in [3.8, 4) is 5.75 Å². The molecule has 0 unspecified atom stereocenters. The van der Waals surface area contributed by atoms with Gasteiger partial charge in [-0.15, -0.1) is 11.3 Å². The lowest BCUT2D eigenvalue weighted by Crippen LogP contribution is -2.46. The predicted octanol–water partition coefficient (Wildman–Crippen LogP) is 2.79. The number of carbonyl (C=O) groups excluding carboxylic acids is 2. The zero-order valence-electron chi connectivity index (χ0n) is 13.5. The van der Waals surface area contributed by atoms with Gasteiger partial charge in [0.1, 0.15) is 5.75 Å². The highest BCUT2D eigenvalue weighted by atomic mass is 32.1. The van der Waals surface area contributed by atoms with Crippen molar-refractivity contribution in [3.05, 3.63) is 52.2 Å². The van der Waals surface area contributed by atoms with Crippen LogP contribution < -0.4 is 10.1 Å². The zero-order chi connectivity index (χ0) is 16.9. The van der Waals surface area contributed by atoms with Crippen molar-refractivity contribution in [3.63, 3.8) is 0 Å². The van der Waals surface area contributed by atoms with Crippen LogP contribution in [0.3, 0.4) is 0 Å². The molecule has 3 rings (SSSR count). The van der Waals surface area contributed by atoms with Crippen molar-refractivity contribution < 1.29 is 14.3 Å². The molecule has 6 heteroatoms. The van der Waals surface area contributed by atoms with Gasteiger partial charge in [0.15, 0.2) is 0 Å². The van der Waals surface area contributed by atoms with Gasteiger partial charge in [0.05, 0.1) is 17.6 Å². The summed E-state index contributed by atoms with van der Waals surface area (Å²) < 4.78 is 5.27. The minimum atomic E-state index is -0.0282. The Hall–Kier alpha value is -2.34. The maximum Gasteiger partial charge on any atom is 0.261 e. The van der Waals surface area contributed by atoms with Crippen LogP contribution in [0.4, 0.5) is 0 Å². The van der Waals surface area contributed by atoms with Gasteiger partial charge in [0.2, 0.25) is 0 Å². The number of likely N-dealkylation sites (tertiary alicyclic amines) is 1. The number of carbonyl (C=O) groups is 2. The molecule has 2 amide bonds. The van der Waals surface area contributed by atoms with E-state index in [9.17, 15) is 9.59 Å². The van der Waals surface area contributed by atoms with E-state index in [0.717, 1.165) is 17.7 Å². The standard InChI is InChI=1S/C18H20N2O3S/c1-23-15-6-3-2-5-14(15)18(22)20-10-8-13(9-11-20)19-17(21)16-7-4-12-24-16/h2-7,12-13H,8-11H2,1H3,(H,19,21).